The number of ether oxygens (including phenoxy) is 1. The van der Waals surface area contributed by atoms with Gasteiger partial charge < -0.3 is 4.74 Å². The van der Waals surface area contributed by atoms with Crippen LogP contribution >= 0.6 is 23.4 Å². The van der Waals surface area contributed by atoms with Crippen molar-refractivity contribution in [1.82, 2.24) is 0 Å². The lowest BCUT2D eigenvalue weighted by Crippen LogP contribution is -2.41. The summed E-state index contributed by atoms with van der Waals surface area (Å²) in [6, 6.07) is 7.02. The van der Waals surface area contributed by atoms with Crippen LogP contribution in [0.15, 0.2) is 53.2 Å². The molecule has 0 aromatic heterocycles. The molecule has 0 N–H and O–H groups in total. The lowest BCUT2D eigenvalue weighted by Gasteiger charge is -2.38. The zero-order valence-corrected chi connectivity index (χ0v) is 16.5. The van der Waals surface area contributed by atoms with Gasteiger partial charge in [0.25, 0.3) is 0 Å². The average molecular weight is 402 g/mol. The van der Waals surface area contributed by atoms with E-state index in [0.717, 1.165) is 12.1 Å². The predicted octanol–water partition coefficient (Wildman–Crippen LogP) is 4.49. The maximum atomic E-state index is 13.4. The van der Waals surface area contributed by atoms with Gasteiger partial charge in [-0.3, -0.25) is 14.6 Å². The molecule has 0 bridgehead atoms. The Bertz CT molecular complexity index is 878. The van der Waals surface area contributed by atoms with E-state index in [-0.39, 0.29) is 22.4 Å². The van der Waals surface area contributed by atoms with Crippen molar-refractivity contribution in [3.8, 4) is 0 Å². The number of benzene rings is 1. The number of aliphatic imine (C=N–C) groups is 1. The number of esters is 1. The summed E-state index contributed by atoms with van der Waals surface area (Å²) in [5, 5.41) is -0.126. The van der Waals surface area contributed by atoms with E-state index in [2.05, 4.69) is 11.1 Å². The highest BCUT2D eigenvalue weighted by molar-refractivity contribution is 8.02. The van der Waals surface area contributed by atoms with Crippen LogP contribution in [0.5, 0.6) is 0 Å². The maximum Gasteiger partial charge on any atom is 0.310 e. The summed E-state index contributed by atoms with van der Waals surface area (Å²) in [7, 11) is 0. The van der Waals surface area contributed by atoms with E-state index in [1.807, 2.05) is 18.4 Å². The fourth-order valence-electron chi connectivity index (χ4n) is 4.30. The molecule has 1 fully saturated rings. The second-order valence-corrected chi connectivity index (χ2v) is 8.77. The van der Waals surface area contributed by atoms with Gasteiger partial charge >= 0.3 is 5.97 Å². The molecule has 0 amide bonds. The third-order valence-electron chi connectivity index (χ3n) is 5.49. The summed E-state index contributed by atoms with van der Waals surface area (Å²) in [6.45, 7) is 2.08. The quantitative estimate of drug-likeness (QED) is 0.551. The first-order valence-corrected chi connectivity index (χ1v) is 10.4. The molecular formula is C21H20ClNO3S. The number of hydrogen-bond acceptors (Lipinski definition) is 5. The Balaban J connectivity index is 1.78. The van der Waals surface area contributed by atoms with Gasteiger partial charge in [0.2, 0.25) is 0 Å². The van der Waals surface area contributed by atoms with Gasteiger partial charge in [-0.2, -0.15) is 0 Å². The van der Waals surface area contributed by atoms with Crippen LogP contribution in [0.4, 0.5) is 0 Å². The third kappa shape index (κ3) is 2.97. The Morgan fingerprint density at radius 2 is 2.19 bits per heavy atom. The van der Waals surface area contributed by atoms with Crippen LogP contribution in [0.3, 0.4) is 0 Å². The summed E-state index contributed by atoms with van der Waals surface area (Å²) in [5.41, 5.74) is 1.40. The van der Waals surface area contributed by atoms with E-state index in [4.69, 9.17) is 16.3 Å². The van der Waals surface area contributed by atoms with Crippen molar-refractivity contribution < 1.29 is 14.3 Å². The van der Waals surface area contributed by atoms with Crippen LogP contribution in [-0.4, -0.2) is 34.6 Å². The summed E-state index contributed by atoms with van der Waals surface area (Å²) < 4.78 is 5.02. The van der Waals surface area contributed by atoms with Crippen molar-refractivity contribution in [2.45, 2.75) is 29.8 Å². The van der Waals surface area contributed by atoms with E-state index in [9.17, 15) is 9.59 Å². The molecule has 4 unspecified atom stereocenters. The lowest BCUT2D eigenvalue weighted by molar-refractivity contribution is -0.149. The molecule has 4 atom stereocenters. The third-order valence-corrected chi connectivity index (χ3v) is 7.68. The number of hydrogen-bond donors (Lipinski definition) is 0. The van der Waals surface area contributed by atoms with Crippen LogP contribution in [0.2, 0.25) is 5.02 Å². The number of allylic oxidation sites excluding steroid dienone is 3. The molecule has 1 aromatic carbocycles. The highest BCUT2D eigenvalue weighted by atomic mass is 35.5. The van der Waals surface area contributed by atoms with Gasteiger partial charge in [-0.05, 0) is 43.9 Å². The highest BCUT2D eigenvalue weighted by Crippen LogP contribution is 2.61. The number of rotatable bonds is 4. The van der Waals surface area contributed by atoms with Gasteiger partial charge in [-0.15, -0.1) is 11.8 Å². The lowest BCUT2D eigenvalue weighted by atomic mass is 9.71. The number of Topliss-reactive ketones (excluding diaryl/α,β-unsaturated/α-hetero) is 1. The first-order chi connectivity index (χ1) is 13.1. The smallest absolute Gasteiger partial charge is 0.310 e. The van der Waals surface area contributed by atoms with Crippen LogP contribution in [-0.2, 0) is 9.53 Å². The SMILES string of the molecule is CCOC(=O)C1C(C(=O)c2ccccc2Cl)SC23CC=CC=C2N=CCC13. The van der Waals surface area contributed by atoms with E-state index >= 15 is 0 Å². The summed E-state index contributed by atoms with van der Waals surface area (Å²) in [6.07, 6.45) is 9.35. The molecule has 140 valence electrons. The monoisotopic (exact) mass is 401 g/mol. The minimum atomic E-state index is -0.537. The second-order valence-electron chi connectivity index (χ2n) is 6.89. The standard InChI is InChI=1S/C21H20ClNO3S/c1-2-26-20(25)17-14-10-12-23-16-9-5-6-11-21(14,16)27-19(17)18(24)13-7-3-4-8-15(13)22/h3-9,12,14,17,19H,2,10-11H2,1H3. The topological polar surface area (TPSA) is 55.7 Å². The van der Waals surface area contributed by atoms with E-state index < -0.39 is 11.2 Å². The normalized spacial score (nSPS) is 31.0. The second kappa shape index (κ2) is 7.28. The number of ketones is 1. The average Bonchev–Trinajstić information content (AvgIpc) is 3.02. The van der Waals surface area contributed by atoms with Gasteiger partial charge in [0.15, 0.2) is 5.78 Å². The first-order valence-electron chi connectivity index (χ1n) is 9.11. The maximum absolute atomic E-state index is 13.4. The van der Waals surface area contributed by atoms with Gasteiger partial charge in [-0.1, -0.05) is 35.9 Å². The zero-order chi connectivity index (χ0) is 19.0. The van der Waals surface area contributed by atoms with Crippen molar-refractivity contribution in [2.75, 3.05) is 6.61 Å². The summed E-state index contributed by atoms with van der Waals surface area (Å²) >= 11 is 7.84. The molecule has 6 heteroatoms. The van der Waals surface area contributed by atoms with Crippen molar-refractivity contribution in [3.63, 3.8) is 0 Å². The van der Waals surface area contributed by atoms with E-state index in [1.54, 1.807) is 43.0 Å². The summed E-state index contributed by atoms with van der Waals surface area (Å²) in [4.78, 5) is 30.9. The van der Waals surface area contributed by atoms with E-state index in [1.165, 1.54) is 0 Å². The molecule has 4 rings (SSSR count). The minimum absolute atomic E-state index is 0.0216. The molecule has 3 aliphatic rings. The van der Waals surface area contributed by atoms with Crippen molar-refractivity contribution >= 4 is 41.3 Å². The Kier molecular flexibility index (Phi) is 4.99. The van der Waals surface area contributed by atoms with Gasteiger partial charge in [0.05, 0.1) is 33.2 Å². The number of halogens is 1. The van der Waals surface area contributed by atoms with Crippen LogP contribution in [0, 0.1) is 11.8 Å². The van der Waals surface area contributed by atoms with Crippen molar-refractivity contribution in [3.05, 3.63) is 58.8 Å². The van der Waals surface area contributed by atoms with Gasteiger partial charge in [0.1, 0.15) is 0 Å². The molecule has 1 aliphatic carbocycles. The number of carbonyl (C=O) groups excluding carboxylic acids is 2. The summed E-state index contributed by atoms with van der Waals surface area (Å²) in [5.74, 6) is -0.949. The Hall–Kier alpha value is -1.85. The highest BCUT2D eigenvalue weighted by Gasteiger charge is 2.61. The van der Waals surface area contributed by atoms with Gasteiger partial charge in [-0.25, -0.2) is 0 Å². The van der Waals surface area contributed by atoms with E-state index in [0.29, 0.717) is 23.6 Å². The molecule has 2 heterocycles. The minimum Gasteiger partial charge on any atom is -0.466 e. The van der Waals surface area contributed by atoms with Crippen LogP contribution in [0.25, 0.3) is 0 Å². The predicted molar refractivity (Wildman–Crippen MR) is 108 cm³/mol. The molecule has 2 aliphatic heterocycles. The molecule has 27 heavy (non-hydrogen) atoms. The molecule has 1 saturated heterocycles. The molecule has 4 nitrogen and oxygen atoms in total. The molecular weight excluding hydrogens is 382 g/mol. The number of carbonyl (C=O) groups is 2. The fraction of sp³-hybridized carbons (Fsp3) is 0.381. The zero-order valence-electron chi connectivity index (χ0n) is 14.9. The van der Waals surface area contributed by atoms with Gasteiger partial charge in [0, 0.05) is 11.8 Å². The Labute approximate surface area is 167 Å². The van der Waals surface area contributed by atoms with Crippen molar-refractivity contribution in [2.24, 2.45) is 16.8 Å². The largest absolute Gasteiger partial charge is 0.466 e. The van der Waals surface area contributed by atoms with Crippen molar-refractivity contribution in [1.29, 1.82) is 0 Å². The molecule has 1 spiro atoms. The first kappa shape index (κ1) is 18.5. The Morgan fingerprint density at radius 1 is 1.37 bits per heavy atom. The fourth-order valence-corrected chi connectivity index (χ4v) is 6.51. The van der Waals surface area contributed by atoms with Crippen LogP contribution < -0.4 is 0 Å². The number of thioether (sulfide) groups is 1. The molecule has 0 radical (unpaired) electrons. The molecule has 0 saturated carbocycles. The van der Waals surface area contributed by atoms with Crippen LogP contribution in [0.1, 0.15) is 30.1 Å². The number of nitrogens with zero attached hydrogens (tertiary/aromatic N) is 1. The molecule has 1 aromatic rings. The Morgan fingerprint density at radius 3 is 2.96 bits per heavy atom.